The maximum absolute atomic E-state index is 9.11. The van der Waals surface area contributed by atoms with Crippen molar-refractivity contribution in [2.45, 2.75) is 27.1 Å². The Balaban J connectivity index is 1.55. The molecule has 4 heteroatoms. The van der Waals surface area contributed by atoms with Crippen molar-refractivity contribution in [3.05, 3.63) is 118 Å². The van der Waals surface area contributed by atoms with Gasteiger partial charge in [0.2, 0.25) is 0 Å². The van der Waals surface area contributed by atoms with E-state index in [1.54, 1.807) is 12.1 Å². The minimum absolute atomic E-state index is 0.393. The SMILES string of the molecule is Cc1c(OCc2cccc(C#N)c2)cccc1-c1cccc(OCc2cccc(C#N)c2)c1C. The second-order valence-corrected chi connectivity index (χ2v) is 8.06. The monoisotopic (exact) mass is 444 g/mol. The van der Waals surface area contributed by atoms with Crippen LogP contribution >= 0.6 is 0 Å². The first kappa shape index (κ1) is 22.6. The molecular formula is C30H24N2O2. The molecule has 0 spiro atoms. The molecule has 0 bridgehead atoms. The first-order valence-electron chi connectivity index (χ1n) is 11.0. The fraction of sp³-hybridized carbons (Fsp3) is 0.133. The summed E-state index contributed by atoms with van der Waals surface area (Å²) < 4.78 is 12.2. The summed E-state index contributed by atoms with van der Waals surface area (Å²) in [7, 11) is 0. The maximum atomic E-state index is 9.11. The molecule has 0 amide bonds. The summed E-state index contributed by atoms with van der Waals surface area (Å²) in [6, 6.07) is 31.3. The van der Waals surface area contributed by atoms with Crippen LogP contribution in [0.15, 0.2) is 84.9 Å². The van der Waals surface area contributed by atoms with Crippen LogP contribution < -0.4 is 9.47 Å². The van der Waals surface area contributed by atoms with Crippen molar-refractivity contribution in [3.8, 4) is 34.8 Å². The van der Waals surface area contributed by atoms with Crippen LogP contribution in [0.5, 0.6) is 11.5 Å². The highest BCUT2D eigenvalue weighted by Crippen LogP contribution is 2.35. The molecule has 0 aromatic heterocycles. The van der Waals surface area contributed by atoms with E-state index in [-0.39, 0.29) is 0 Å². The predicted molar refractivity (Wildman–Crippen MR) is 132 cm³/mol. The van der Waals surface area contributed by atoms with E-state index in [2.05, 4.69) is 38.1 Å². The van der Waals surface area contributed by atoms with Gasteiger partial charge in [-0.05, 0) is 83.6 Å². The Morgan fingerprint density at radius 2 is 1.00 bits per heavy atom. The lowest BCUT2D eigenvalue weighted by Gasteiger charge is -2.17. The van der Waals surface area contributed by atoms with E-state index >= 15 is 0 Å². The van der Waals surface area contributed by atoms with Gasteiger partial charge in [0.25, 0.3) is 0 Å². The molecule has 0 fully saturated rings. The summed E-state index contributed by atoms with van der Waals surface area (Å²) in [6.07, 6.45) is 0. The number of nitrogens with zero attached hydrogens (tertiary/aromatic N) is 2. The number of ether oxygens (including phenoxy) is 2. The Hall–Kier alpha value is -4.54. The van der Waals surface area contributed by atoms with Crippen molar-refractivity contribution >= 4 is 0 Å². The Kier molecular flexibility index (Phi) is 6.92. The fourth-order valence-electron chi connectivity index (χ4n) is 3.91. The first-order valence-corrected chi connectivity index (χ1v) is 11.0. The average molecular weight is 445 g/mol. The zero-order valence-corrected chi connectivity index (χ0v) is 19.2. The van der Waals surface area contributed by atoms with Crippen molar-refractivity contribution in [2.75, 3.05) is 0 Å². The van der Waals surface area contributed by atoms with E-state index in [4.69, 9.17) is 20.0 Å². The first-order chi connectivity index (χ1) is 16.6. The molecule has 4 rings (SSSR count). The quantitative estimate of drug-likeness (QED) is 0.312. The molecule has 0 radical (unpaired) electrons. The van der Waals surface area contributed by atoms with E-state index in [1.807, 2.05) is 60.7 Å². The van der Waals surface area contributed by atoms with E-state index in [0.29, 0.717) is 24.3 Å². The molecule has 0 saturated heterocycles. The van der Waals surface area contributed by atoms with E-state index in [0.717, 1.165) is 44.9 Å². The lowest BCUT2D eigenvalue weighted by Crippen LogP contribution is -2.00. The van der Waals surface area contributed by atoms with E-state index in [9.17, 15) is 0 Å². The van der Waals surface area contributed by atoms with Crippen LogP contribution in [0, 0.1) is 36.5 Å². The third-order valence-electron chi connectivity index (χ3n) is 5.76. The minimum Gasteiger partial charge on any atom is -0.489 e. The van der Waals surface area contributed by atoms with Crippen molar-refractivity contribution < 1.29 is 9.47 Å². The summed E-state index contributed by atoms with van der Waals surface area (Å²) in [5, 5.41) is 18.2. The topological polar surface area (TPSA) is 66.0 Å². The molecule has 0 aliphatic rings. The number of benzene rings is 4. The minimum atomic E-state index is 0.393. The molecular weight excluding hydrogens is 420 g/mol. The number of hydrogen-bond acceptors (Lipinski definition) is 4. The molecule has 0 saturated carbocycles. The van der Waals surface area contributed by atoms with Crippen LogP contribution in [0.1, 0.15) is 33.4 Å². The Bertz CT molecular complexity index is 1300. The maximum Gasteiger partial charge on any atom is 0.123 e. The van der Waals surface area contributed by atoms with Gasteiger partial charge in [0.15, 0.2) is 0 Å². The molecule has 166 valence electrons. The second kappa shape index (κ2) is 10.4. The third kappa shape index (κ3) is 5.09. The Morgan fingerprint density at radius 3 is 1.41 bits per heavy atom. The molecule has 0 unspecified atom stereocenters. The molecule has 0 heterocycles. The molecule has 4 aromatic rings. The second-order valence-electron chi connectivity index (χ2n) is 8.06. The molecule has 4 nitrogen and oxygen atoms in total. The standard InChI is InChI=1S/C30H24N2O2/c1-21-27(11-5-13-29(21)33-19-25-9-3-7-23(15-25)17-31)28-12-6-14-30(22(28)2)34-20-26-10-4-8-24(16-26)18-32/h3-16H,19-20H2,1-2H3. The zero-order chi connectivity index (χ0) is 23.9. The molecule has 34 heavy (non-hydrogen) atoms. The van der Waals surface area contributed by atoms with Gasteiger partial charge < -0.3 is 9.47 Å². The lowest BCUT2D eigenvalue weighted by atomic mass is 9.95. The van der Waals surface area contributed by atoms with Gasteiger partial charge in [-0.3, -0.25) is 0 Å². The Morgan fingerprint density at radius 1 is 0.588 bits per heavy atom. The summed E-state index contributed by atoms with van der Waals surface area (Å²) in [4.78, 5) is 0. The normalized spacial score (nSPS) is 10.2. The van der Waals surface area contributed by atoms with E-state index < -0.39 is 0 Å². The lowest BCUT2D eigenvalue weighted by molar-refractivity contribution is 0.303. The number of nitriles is 2. The van der Waals surface area contributed by atoms with Crippen LogP contribution in [0.25, 0.3) is 11.1 Å². The number of rotatable bonds is 7. The predicted octanol–water partition coefficient (Wildman–Crippen LogP) is 6.87. The highest BCUT2D eigenvalue weighted by molar-refractivity contribution is 5.74. The molecule has 0 N–H and O–H groups in total. The van der Waals surface area contributed by atoms with Gasteiger partial charge in [-0.15, -0.1) is 0 Å². The van der Waals surface area contributed by atoms with Gasteiger partial charge in [0.05, 0.1) is 23.3 Å². The van der Waals surface area contributed by atoms with Gasteiger partial charge in [-0.25, -0.2) is 0 Å². The smallest absolute Gasteiger partial charge is 0.123 e. The van der Waals surface area contributed by atoms with E-state index in [1.165, 1.54) is 0 Å². The third-order valence-corrected chi connectivity index (χ3v) is 5.76. The Labute approximate surface area is 200 Å². The van der Waals surface area contributed by atoms with Gasteiger partial charge in [-0.2, -0.15) is 10.5 Å². The van der Waals surface area contributed by atoms with Crippen LogP contribution in [0.2, 0.25) is 0 Å². The zero-order valence-electron chi connectivity index (χ0n) is 19.2. The largest absolute Gasteiger partial charge is 0.489 e. The number of hydrogen-bond donors (Lipinski definition) is 0. The summed E-state index contributed by atoms with van der Waals surface area (Å²) in [5.74, 6) is 1.61. The van der Waals surface area contributed by atoms with Crippen LogP contribution in [0.4, 0.5) is 0 Å². The van der Waals surface area contributed by atoms with Crippen molar-refractivity contribution in [2.24, 2.45) is 0 Å². The van der Waals surface area contributed by atoms with Gasteiger partial charge >= 0.3 is 0 Å². The summed E-state index contributed by atoms with van der Waals surface area (Å²) >= 11 is 0. The fourth-order valence-corrected chi connectivity index (χ4v) is 3.91. The highest BCUT2D eigenvalue weighted by Gasteiger charge is 2.13. The van der Waals surface area contributed by atoms with Gasteiger partial charge in [0, 0.05) is 0 Å². The molecule has 0 atom stereocenters. The molecule has 4 aromatic carbocycles. The highest BCUT2D eigenvalue weighted by atomic mass is 16.5. The average Bonchev–Trinajstić information content (AvgIpc) is 2.88. The summed E-state index contributed by atoms with van der Waals surface area (Å²) in [5.41, 5.74) is 7.40. The van der Waals surface area contributed by atoms with Crippen molar-refractivity contribution in [1.82, 2.24) is 0 Å². The van der Waals surface area contributed by atoms with Gasteiger partial charge in [0.1, 0.15) is 24.7 Å². The van der Waals surface area contributed by atoms with Crippen LogP contribution in [-0.4, -0.2) is 0 Å². The van der Waals surface area contributed by atoms with Crippen molar-refractivity contribution in [1.29, 1.82) is 10.5 Å². The van der Waals surface area contributed by atoms with Crippen LogP contribution in [0.3, 0.4) is 0 Å². The van der Waals surface area contributed by atoms with Gasteiger partial charge in [-0.1, -0.05) is 48.5 Å². The van der Waals surface area contributed by atoms with Crippen molar-refractivity contribution in [3.63, 3.8) is 0 Å². The molecule has 0 aliphatic heterocycles. The molecule has 0 aliphatic carbocycles. The van der Waals surface area contributed by atoms with Crippen LogP contribution in [-0.2, 0) is 13.2 Å². The summed E-state index contributed by atoms with van der Waals surface area (Å²) in [6.45, 7) is 4.89.